The molecule has 0 amide bonds. The minimum atomic E-state index is -3.10. The van der Waals surface area contributed by atoms with Gasteiger partial charge in [0.15, 0.2) is 9.84 Å². The van der Waals surface area contributed by atoms with Crippen molar-refractivity contribution in [2.24, 2.45) is 11.7 Å². The summed E-state index contributed by atoms with van der Waals surface area (Å²) in [7, 11) is -3.10. The standard InChI is InChI=1S/C14H21NO2S/c15-14(13-8-4-5-9-13)11-18(16,17)10-12-6-2-1-3-7-12/h1-3,6-7,13-14H,4-5,8-11,15H2. The summed E-state index contributed by atoms with van der Waals surface area (Å²) < 4.78 is 24.2. The van der Waals surface area contributed by atoms with E-state index in [2.05, 4.69) is 0 Å². The van der Waals surface area contributed by atoms with Crippen LogP contribution in [0.5, 0.6) is 0 Å². The van der Waals surface area contributed by atoms with E-state index in [-0.39, 0.29) is 17.5 Å². The Balaban J connectivity index is 1.94. The van der Waals surface area contributed by atoms with Crippen LogP contribution in [0.25, 0.3) is 0 Å². The van der Waals surface area contributed by atoms with Gasteiger partial charge in [0.25, 0.3) is 0 Å². The third-order valence-electron chi connectivity index (χ3n) is 3.68. The molecule has 4 heteroatoms. The molecule has 0 saturated heterocycles. The molecule has 2 N–H and O–H groups in total. The summed E-state index contributed by atoms with van der Waals surface area (Å²) in [5, 5.41) is 0. The Morgan fingerprint density at radius 2 is 1.78 bits per heavy atom. The fourth-order valence-corrected chi connectivity index (χ4v) is 4.38. The largest absolute Gasteiger partial charge is 0.327 e. The smallest absolute Gasteiger partial charge is 0.155 e. The van der Waals surface area contributed by atoms with E-state index in [9.17, 15) is 8.42 Å². The molecule has 0 aliphatic heterocycles. The third kappa shape index (κ3) is 3.82. The summed E-state index contributed by atoms with van der Waals surface area (Å²) in [4.78, 5) is 0. The monoisotopic (exact) mass is 267 g/mol. The van der Waals surface area contributed by atoms with Gasteiger partial charge in [-0.3, -0.25) is 0 Å². The summed E-state index contributed by atoms with van der Waals surface area (Å²) in [6.07, 6.45) is 4.55. The molecule has 1 aromatic carbocycles. The van der Waals surface area contributed by atoms with Gasteiger partial charge >= 0.3 is 0 Å². The molecule has 1 unspecified atom stereocenters. The van der Waals surface area contributed by atoms with Crippen LogP contribution in [0.2, 0.25) is 0 Å². The van der Waals surface area contributed by atoms with Crippen molar-refractivity contribution in [3.63, 3.8) is 0 Å². The number of hydrogen-bond donors (Lipinski definition) is 1. The normalized spacial score (nSPS) is 18.9. The van der Waals surface area contributed by atoms with Crippen molar-refractivity contribution < 1.29 is 8.42 Å². The maximum atomic E-state index is 12.1. The van der Waals surface area contributed by atoms with Crippen molar-refractivity contribution in [3.8, 4) is 0 Å². The predicted octanol–water partition coefficient (Wildman–Crippen LogP) is 2.12. The van der Waals surface area contributed by atoms with Crippen molar-refractivity contribution >= 4 is 9.84 Å². The second kappa shape index (κ2) is 5.85. The van der Waals surface area contributed by atoms with E-state index in [1.165, 1.54) is 12.8 Å². The van der Waals surface area contributed by atoms with Gasteiger partial charge in [-0.2, -0.15) is 0 Å². The summed E-state index contributed by atoms with van der Waals surface area (Å²) in [5.74, 6) is 0.622. The average Bonchev–Trinajstić information content (AvgIpc) is 2.82. The lowest BCUT2D eigenvalue weighted by Gasteiger charge is -2.18. The molecule has 3 nitrogen and oxygen atoms in total. The lowest BCUT2D eigenvalue weighted by Crippen LogP contribution is -2.36. The first-order valence-corrected chi connectivity index (χ1v) is 8.39. The zero-order valence-corrected chi connectivity index (χ0v) is 11.4. The average molecular weight is 267 g/mol. The van der Waals surface area contributed by atoms with E-state index in [4.69, 9.17) is 5.73 Å². The van der Waals surface area contributed by atoms with Gasteiger partial charge in [0.2, 0.25) is 0 Å². The zero-order valence-electron chi connectivity index (χ0n) is 10.6. The Kier molecular flexibility index (Phi) is 4.40. The molecule has 0 radical (unpaired) electrons. The maximum absolute atomic E-state index is 12.1. The summed E-state index contributed by atoms with van der Waals surface area (Å²) in [6.45, 7) is 0. The van der Waals surface area contributed by atoms with Gasteiger partial charge in [0.1, 0.15) is 0 Å². The van der Waals surface area contributed by atoms with Crippen molar-refractivity contribution in [1.29, 1.82) is 0 Å². The maximum Gasteiger partial charge on any atom is 0.155 e. The number of benzene rings is 1. The first kappa shape index (κ1) is 13.6. The first-order chi connectivity index (χ1) is 8.57. The highest BCUT2D eigenvalue weighted by molar-refractivity contribution is 7.90. The molecular formula is C14H21NO2S. The van der Waals surface area contributed by atoms with Crippen molar-refractivity contribution in [1.82, 2.24) is 0 Å². The van der Waals surface area contributed by atoms with Gasteiger partial charge in [-0.1, -0.05) is 43.2 Å². The topological polar surface area (TPSA) is 60.2 Å². The minimum Gasteiger partial charge on any atom is -0.327 e. The molecule has 1 atom stereocenters. The zero-order chi connectivity index (χ0) is 13.0. The van der Waals surface area contributed by atoms with Gasteiger partial charge in [0, 0.05) is 6.04 Å². The molecule has 0 aromatic heterocycles. The van der Waals surface area contributed by atoms with Crippen LogP contribution in [0.1, 0.15) is 31.2 Å². The van der Waals surface area contributed by atoms with Gasteiger partial charge in [-0.15, -0.1) is 0 Å². The van der Waals surface area contributed by atoms with Crippen molar-refractivity contribution in [3.05, 3.63) is 35.9 Å². The summed E-state index contributed by atoms with van der Waals surface area (Å²) >= 11 is 0. The Morgan fingerprint density at radius 1 is 1.17 bits per heavy atom. The second-order valence-electron chi connectivity index (χ2n) is 5.25. The second-order valence-corrected chi connectivity index (χ2v) is 7.36. The minimum absolute atomic E-state index is 0.105. The Hall–Kier alpha value is -0.870. The Morgan fingerprint density at radius 3 is 2.39 bits per heavy atom. The van der Waals surface area contributed by atoms with Gasteiger partial charge in [-0.25, -0.2) is 8.42 Å². The molecular weight excluding hydrogens is 246 g/mol. The van der Waals surface area contributed by atoms with Crippen LogP contribution in [0.15, 0.2) is 30.3 Å². The molecule has 0 bridgehead atoms. The van der Waals surface area contributed by atoms with Crippen LogP contribution in [-0.2, 0) is 15.6 Å². The highest BCUT2D eigenvalue weighted by Gasteiger charge is 2.26. The van der Waals surface area contributed by atoms with Crippen LogP contribution in [-0.4, -0.2) is 20.2 Å². The Labute approximate surface area is 109 Å². The lowest BCUT2D eigenvalue weighted by atomic mass is 10.0. The van der Waals surface area contributed by atoms with E-state index >= 15 is 0 Å². The van der Waals surface area contributed by atoms with E-state index < -0.39 is 9.84 Å². The fraction of sp³-hybridized carbons (Fsp3) is 0.571. The van der Waals surface area contributed by atoms with E-state index in [0.29, 0.717) is 5.92 Å². The van der Waals surface area contributed by atoms with E-state index in [1.54, 1.807) is 0 Å². The highest BCUT2D eigenvalue weighted by atomic mass is 32.2. The van der Waals surface area contributed by atoms with Crippen molar-refractivity contribution in [2.75, 3.05) is 5.75 Å². The van der Waals surface area contributed by atoms with Crippen LogP contribution >= 0.6 is 0 Å². The van der Waals surface area contributed by atoms with Crippen LogP contribution in [0, 0.1) is 5.92 Å². The predicted molar refractivity (Wildman–Crippen MR) is 73.9 cm³/mol. The number of rotatable bonds is 5. The molecule has 100 valence electrons. The van der Waals surface area contributed by atoms with Gasteiger partial charge in [0.05, 0.1) is 11.5 Å². The van der Waals surface area contributed by atoms with Crippen LogP contribution < -0.4 is 5.73 Å². The number of nitrogens with two attached hydrogens (primary N) is 1. The van der Waals surface area contributed by atoms with Crippen LogP contribution in [0.4, 0.5) is 0 Å². The molecule has 18 heavy (non-hydrogen) atoms. The van der Waals surface area contributed by atoms with Crippen LogP contribution in [0.3, 0.4) is 0 Å². The number of hydrogen-bond acceptors (Lipinski definition) is 3. The molecule has 0 spiro atoms. The SMILES string of the molecule is NC(CS(=O)(=O)Cc1ccccc1)C1CCCC1. The first-order valence-electron chi connectivity index (χ1n) is 6.57. The lowest BCUT2D eigenvalue weighted by molar-refractivity contribution is 0.454. The van der Waals surface area contributed by atoms with E-state index in [1.807, 2.05) is 30.3 Å². The molecule has 1 aromatic rings. The van der Waals surface area contributed by atoms with Gasteiger partial charge < -0.3 is 5.73 Å². The molecule has 1 aliphatic carbocycles. The number of sulfone groups is 1. The molecule has 2 rings (SSSR count). The third-order valence-corrected chi connectivity index (χ3v) is 5.35. The van der Waals surface area contributed by atoms with E-state index in [0.717, 1.165) is 18.4 Å². The van der Waals surface area contributed by atoms with Gasteiger partial charge in [-0.05, 0) is 24.3 Å². The fourth-order valence-electron chi connectivity index (χ4n) is 2.70. The summed E-state index contributed by atoms with van der Waals surface area (Å²) in [6, 6.07) is 9.11. The molecule has 1 saturated carbocycles. The highest BCUT2D eigenvalue weighted by Crippen LogP contribution is 2.27. The Bertz CT molecular complexity index is 464. The molecule has 1 aliphatic rings. The molecule has 1 fully saturated rings. The van der Waals surface area contributed by atoms with Crippen molar-refractivity contribution in [2.45, 2.75) is 37.5 Å². The molecule has 0 heterocycles. The quantitative estimate of drug-likeness (QED) is 0.889. The summed E-state index contributed by atoms with van der Waals surface area (Å²) in [5.41, 5.74) is 6.88.